The van der Waals surface area contributed by atoms with Crippen molar-refractivity contribution in [3.05, 3.63) is 53.3 Å². The Labute approximate surface area is 135 Å². The molecule has 2 aromatic heterocycles. The van der Waals surface area contributed by atoms with E-state index in [1.807, 2.05) is 56.6 Å². The van der Waals surface area contributed by atoms with Gasteiger partial charge in [0.15, 0.2) is 5.65 Å². The minimum absolute atomic E-state index is 0.144. The molecular weight excluding hydrogens is 288 g/mol. The molecule has 1 N–H and O–H groups in total. The second-order valence-corrected chi connectivity index (χ2v) is 6.05. The van der Waals surface area contributed by atoms with Gasteiger partial charge in [0, 0.05) is 17.4 Å². The number of benzene rings is 1. The molecule has 0 spiro atoms. The zero-order chi connectivity index (χ0) is 16.6. The molecule has 5 nitrogen and oxygen atoms in total. The third-order valence-corrected chi connectivity index (χ3v) is 3.70. The zero-order valence-electron chi connectivity index (χ0n) is 13.8. The fourth-order valence-electron chi connectivity index (χ4n) is 2.63. The molecule has 3 aromatic rings. The summed E-state index contributed by atoms with van der Waals surface area (Å²) in [5.74, 6) is -0.144. The predicted octanol–water partition coefficient (Wildman–Crippen LogP) is 3.88. The van der Waals surface area contributed by atoms with Crippen LogP contribution in [-0.4, -0.2) is 20.7 Å². The van der Waals surface area contributed by atoms with Crippen molar-refractivity contribution in [1.29, 1.82) is 0 Å². The van der Waals surface area contributed by atoms with E-state index in [1.165, 1.54) is 0 Å². The molecule has 1 amide bonds. The minimum atomic E-state index is -0.144. The number of hydrogen-bond donors (Lipinski definition) is 1. The summed E-state index contributed by atoms with van der Waals surface area (Å²) in [6.07, 6.45) is 1.72. The van der Waals surface area contributed by atoms with Crippen LogP contribution < -0.4 is 5.32 Å². The lowest BCUT2D eigenvalue weighted by Gasteiger charge is -2.10. The number of aryl methyl sites for hydroxylation is 2. The average molecular weight is 308 g/mol. The predicted molar refractivity (Wildman–Crippen MR) is 91.8 cm³/mol. The molecule has 0 aliphatic heterocycles. The van der Waals surface area contributed by atoms with E-state index in [1.54, 1.807) is 12.3 Å². The minimum Gasteiger partial charge on any atom is -0.322 e. The lowest BCUT2D eigenvalue weighted by atomic mass is 10.1. The normalized spacial score (nSPS) is 11.2. The summed E-state index contributed by atoms with van der Waals surface area (Å²) in [5.41, 5.74) is 4.03. The van der Waals surface area contributed by atoms with Crippen LogP contribution in [0.4, 0.5) is 5.69 Å². The molecule has 0 saturated carbocycles. The third-order valence-electron chi connectivity index (χ3n) is 3.70. The van der Waals surface area contributed by atoms with Gasteiger partial charge in [-0.1, -0.05) is 12.1 Å². The molecule has 0 aliphatic carbocycles. The quantitative estimate of drug-likeness (QED) is 0.798. The zero-order valence-corrected chi connectivity index (χ0v) is 13.8. The highest BCUT2D eigenvalue weighted by molar-refractivity contribution is 6.12. The maximum absolute atomic E-state index is 12.7. The van der Waals surface area contributed by atoms with Crippen molar-refractivity contribution >= 4 is 22.6 Å². The van der Waals surface area contributed by atoms with E-state index in [4.69, 9.17) is 0 Å². The number of amides is 1. The van der Waals surface area contributed by atoms with Crippen LogP contribution in [0.2, 0.25) is 0 Å². The Morgan fingerprint density at radius 2 is 2.00 bits per heavy atom. The van der Waals surface area contributed by atoms with E-state index in [2.05, 4.69) is 15.4 Å². The fraction of sp³-hybridized carbons (Fsp3) is 0.278. The van der Waals surface area contributed by atoms with Crippen molar-refractivity contribution in [3.63, 3.8) is 0 Å². The monoisotopic (exact) mass is 308 g/mol. The number of anilines is 1. The van der Waals surface area contributed by atoms with Gasteiger partial charge in [-0.05, 0) is 51.5 Å². The second-order valence-electron chi connectivity index (χ2n) is 6.05. The van der Waals surface area contributed by atoms with Crippen LogP contribution >= 0.6 is 0 Å². The molecule has 0 unspecified atom stereocenters. The van der Waals surface area contributed by atoms with Gasteiger partial charge in [-0.15, -0.1) is 0 Å². The van der Waals surface area contributed by atoms with Crippen LogP contribution in [0.5, 0.6) is 0 Å². The van der Waals surface area contributed by atoms with Crippen molar-refractivity contribution in [2.75, 3.05) is 5.32 Å². The first-order valence-corrected chi connectivity index (χ1v) is 7.68. The largest absolute Gasteiger partial charge is 0.322 e. The molecule has 1 aromatic carbocycles. The first-order valence-electron chi connectivity index (χ1n) is 7.68. The molecule has 0 saturated heterocycles. The first-order chi connectivity index (χ1) is 11.0. The van der Waals surface area contributed by atoms with Crippen molar-refractivity contribution in [2.45, 2.75) is 33.7 Å². The molecule has 0 bridgehead atoms. The van der Waals surface area contributed by atoms with Crippen molar-refractivity contribution in [2.24, 2.45) is 0 Å². The standard InChI is InChI=1S/C18H20N4O/c1-11(2)22-17-16(10-19-22)15(9-13(4)20-17)18(23)21-14-7-5-6-12(3)8-14/h5-11H,1-4H3,(H,21,23). The molecule has 5 heteroatoms. The summed E-state index contributed by atoms with van der Waals surface area (Å²) in [4.78, 5) is 17.2. The molecule has 0 aliphatic rings. The van der Waals surface area contributed by atoms with E-state index in [0.717, 1.165) is 28.0 Å². The van der Waals surface area contributed by atoms with E-state index in [0.29, 0.717) is 5.56 Å². The van der Waals surface area contributed by atoms with Crippen molar-refractivity contribution in [1.82, 2.24) is 14.8 Å². The summed E-state index contributed by atoms with van der Waals surface area (Å²) in [5, 5.41) is 8.10. The van der Waals surface area contributed by atoms with Crippen LogP contribution in [0, 0.1) is 13.8 Å². The first kappa shape index (κ1) is 15.2. The Morgan fingerprint density at radius 1 is 1.22 bits per heavy atom. The van der Waals surface area contributed by atoms with Gasteiger partial charge >= 0.3 is 0 Å². The maximum atomic E-state index is 12.7. The van der Waals surface area contributed by atoms with E-state index >= 15 is 0 Å². The van der Waals surface area contributed by atoms with Crippen LogP contribution in [0.1, 0.15) is 41.5 Å². The molecule has 3 rings (SSSR count). The van der Waals surface area contributed by atoms with Gasteiger partial charge in [0.2, 0.25) is 0 Å². The van der Waals surface area contributed by atoms with Gasteiger partial charge in [0.25, 0.3) is 5.91 Å². The molecule has 23 heavy (non-hydrogen) atoms. The van der Waals surface area contributed by atoms with E-state index in [9.17, 15) is 4.79 Å². The molecular formula is C18H20N4O. The van der Waals surface area contributed by atoms with Crippen LogP contribution in [0.15, 0.2) is 36.5 Å². The summed E-state index contributed by atoms with van der Waals surface area (Å²) >= 11 is 0. The number of nitrogens with one attached hydrogen (secondary N) is 1. The Kier molecular flexibility index (Phi) is 3.86. The van der Waals surface area contributed by atoms with Crippen LogP contribution in [-0.2, 0) is 0 Å². The topological polar surface area (TPSA) is 59.8 Å². The summed E-state index contributed by atoms with van der Waals surface area (Å²) in [7, 11) is 0. The number of hydrogen-bond acceptors (Lipinski definition) is 3. The van der Waals surface area contributed by atoms with Gasteiger partial charge in [-0.3, -0.25) is 4.79 Å². The summed E-state index contributed by atoms with van der Waals surface area (Å²) in [6.45, 7) is 7.98. The number of carbonyl (C=O) groups excluding carboxylic acids is 1. The lowest BCUT2D eigenvalue weighted by molar-refractivity contribution is 0.102. The lowest BCUT2D eigenvalue weighted by Crippen LogP contribution is -2.13. The highest BCUT2D eigenvalue weighted by atomic mass is 16.1. The van der Waals surface area contributed by atoms with Gasteiger partial charge < -0.3 is 5.32 Å². The van der Waals surface area contributed by atoms with Crippen LogP contribution in [0.25, 0.3) is 11.0 Å². The van der Waals surface area contributed by atoms with E-state index < -0.39 is 0 Å². The molecule has 0 radical (unpaired) electrons. The number of rotatable bonds is 3. The number of nitrogens with zero attached hydrogens (tertiary/aromatic N) is 3. The SMILES string of the molecule is Cc1cccc(NC(=O)c2cc(C)nc3c2cnn3C(C)C)c1. The summed E-state index contributed by atoms with van der Waals surface area (Å²) in [6, 6.07) is 9.75. The van der Waals surface area contributed by atoms with Crippen LogP contribution in [0.3, 0.4) is 0 Å². The van der Waals surface area contributed by atoms with Crippen molar-refractivity contribution in [3.8, 4) is 0 Å². The van der Waals surface area contributed by atoms with Gasteiger partial charge in [-0.2, -0.15) is 5.10 Å². The highest BCUT2D eigenvalue weighted by Crippen LogP contribution is 2.22. The van der Waals surface area contributed by atoms with Gasteiger partial charge in [0.05, 0.1) is 17.1 Å². The smallest absolute Gasteiger partial charge is 0.256 e. The fourth-order valence-corrected chi connectivity index (χ4v) is 2.63. The molecule has 118 valence electrons. The van der Waals surface area contributed by atoms with Gasteiger partial charge in [-0.25, -0.2) is 9.67 Å². The number of pyridine rings is 1. The number of fused-ring (bicyclic) bond motifs is 1. The molecule has 0 fully saturated rings. The Hall–Kier alpha value is -2.69. The third kappa shape index (κ3) is 2.95. The highest BCUT2D eigenvalue weighted by Gasteiger charge is 2.17. The van der Waals surface area contributed by atoms with Crippen molar-refractivity contribution < 1.29 is 4.79 Å². The average Bonchev–Trinajstić information content (AvgIpc) is 2.90. The molecule has 2 heterocycles. The maximum Gasteiger partial charge on any atom is 0.256 e. The number of aromatic nitrogens is 3. The Balaban J connectivity index is 2.03. The summed E-state index contributed by atoms with van der Waals surface area (Å²) < 4.78 is 1.84. The second kappa shape index (κ2) is 5.83. The Morgan fingerprint density at radius 3 is 2.70 bits per heavy atom. The van der Waals surface area contributed by atoms with Gasteiger partial charge in [0.1, 0.15) is 0 Å². The number of carbonyl (C=O) groups is 1. The van der Waals surface area contributed by atoms with E-state index in [-0.39, 0.29) is 11.9 Å². The Bertz CT molecular complexity index is 880. The molecule has 0 atom stereocenters.